The van der Waals surface area contributed by atoms with Gasteiger partial charge >= 0.3 is 0 Å². The van der Waals surface area contributed by atoms with E-state index in [0.29, 0.717) is 30.9 Å². The van der Waals surface area contributed by atoms with E-state index in [1.54, 1.807) is 41.8 Å². The van der Waals surface area contributed by atoms with E-state index in [-0.39, 0.29) is 11.8 Å². The van der Waals surface area contributed by atoms with Crippen LogP contribution in [0, 0.1) is 6.92 Å². The summed E-state index contributed by atoms with van der Waals surface area (Å²) in [5.74, 6) is -0.469. The van der Waals surface area contributed by atoms with Crippen LogP contribution in [0.25, 0.3) is 0 Å². The van der Waals surface area contributed by atoms with Gasteiger partial charge in [0.05, 0.1) is 11.3 Å². The molecule has 1 heterocycles. The lowest BCUT2D eigenvalue weighted by Crippen LogP contribution is -2.47. The van der Waals surface area contributed by atoms with Crippen molar-refractivity contribution in [3.8, 4) is 0 Å². The van der Waals surface area contributed by atoms with Gasteiger partial charge in [0.1, 0.15) is 6.04 Å². The van der Waals surface area contributed by atoms with Gasteiger partial charge in [-0.3, -0.25) is 14.3 Å². The van der Waals surface area contributed by atoms with Gasteiger partial charge in [0, 0.05) is 25.8 Å². The van der Waals surface area contributed by atoms with Gasteiger partial charge in [0.2, 0.25) is 5.91 Å². The van der Waals surface area contributed by atoms with E-state index in [0.717, 1.165) is 0 Å². The van der Waals surface area contributed by atoms with Crippen molar-refractivity contribution >= 4 is 11.8 Å². The molecule has 0 saturated carbocycles. The molecule has 2 amide bonds. The zero-order chi connectivity index (χ0) is 16.7. The smallest absolute Gasteiger partial charge is 0.255 e. The molecule has 120 valence electrons. The van der Waals surface area contributed by atoms with E-state index in [9.17, 15) is 9.59 Å². The zero-order valence-corrected chi connectivity index (χ0v) is 13.5. The molecule has 0 aliphatic carbocycles. The SMILES string of the molecule is C=CCN(CC=C)C(=O)C(C)NC(=O)c1cn(CC)nc1C. The molecular formula is C16H24N4O2. The summed E-state index contributed by atoms with van der Waals surface area (Å²) in [4.78, 5) is 26.2. The van der Waals surface area contributed by atoms with Crippen molar-refractivity contribution in [1.29, 1.82) is 0 Å². The van der Waals surface area contributed by atoms with Crippen molar-refractivity contribution in [3.63, 3.8) is 0 Å². The third kappa shape index (κ3) is 4.31. The molecule has 1 aromatic heterocycles. The molecule has 1 atom stereocenters. The van der Waals surface area contributed by atoms with Gasteiger partial charge in [-0.05, 0) is 20.8 Å². The number of aryl methyl sites for hydroxylation is 2. The number of hydrogen-bond donors (Lipinski definition) is 1. The second kappa shape index (κ2) is 8.17. The molecule has 0 aliphatic rings. The number of carbonyl (C=O) groups is 2. The summed E-state index contributed by atoms with van der Waals surface area (Å²) < 4.78 is 1.69. The molecule has 0 radical (unpaired) electrons. The Hall–Kier alpha value is -2.37. The van der Waals surface area contributed by atoms with Gasteiger partial charge in [-0.15, -0.1) is 13.2 Å². The first-order valence-electron chi connectivity index (χ1n) is 7.30. The first-order chi connectivity index (χ1) is 10.4. The molecule has 6 heteroatoms. The third-order valence-corrected chi connectivity index (χ3v) is 3.24. The quantitative estimate of drug-likeness (QED) is 0.741. The van der Waals surface area contributed by atoms with Crippen LogP contribution in [0.15, 0.2) is 31.5 Å². The molecule has 1 aromatic rings. The molecule has 0 aliphatic heterocycles. The summed E-state index contributed by atoms with van der Waals surface area (Å²) in [7, 11) is 0. The molecule has 22 heavy (non-hydrogen) atoms. The van der Waals surface area contributed by atoms with Crippen LogP contribution in [0.1, 0.15) is 29.9 Å². The standard InChI is InChI=1S/C16H24N4O2/c1-6-9-19(10-7-2)16(22)13(5)17-15(21)14-11-20(8-3)18-12(14)4/h6-7,11,13H,1-2,8-10H2,3-5H3,(H,17,21). The second-order valence-electron chi connectivity index (χ2n) is 5.00. The van der Waals surface area contributed by atoms with Crippen LogP contribution in [0.3, 0.4) is 0 Å². The Balaban J connectivity index is 2.77. The molecule has 0 aromatic carbocycles. The fraction of sp³-hybridized carbons (Fsp3) is 0.438. The Labute approximate surface area is 131 Å². The Morgan fingerprint density at radius 2 is 2.00 bits per heavy atom. The minimum atomic E-state index is -0.628. The van der Waals surface area contributed by atoms with Crippen molar-refractivity contribution < 1.29 is 9.59 Å². The van der Waals surface area contributed by atoms with Gasteiger partial charge in [-0.1, -0.05) is 12.2 Å². The molecule has 1 rings (SSSR count). The van der Waals surface area contributed by atoms with Crippen LogP contribution in [0.5, 0.6) is 0 Å². The lowest BCUT2D eigenvalue weighted by molar-refractivity contribution is -0.131. The Morgan fingerprint density at radius 1 is 1.41 bits per heavy atom. The Bertz CT molecular complexity index is 552. The van der Waals surface area contributed by atoms with E-state index >= 15 is 0 Å². The van der Waals surface area contributed by atoms with Crippen LogP contribution in [-0.4, -0.2) is 45.6 Å². The summed E-state index contributed by atoms with van der Waals surface area (Å²) in [5, 5.41) is 6.95. The average Bonchev–Trinajstić information content (AvgIpc) is 2.87. The van der Waals surface area contributed by atoms with Gasteiger partial charge in [-0.25, -0.2) is 0 Å². The largest absolute Gasteiger partial charge is 0.340 e. The number of aromatic nitrogens is 2. The maximum Gasteiger partial charge on any atom is 0.255 e. The number of nitrogens with zero attached hydrogens (tertiary/aromatic N) is 3. The highest BCUT2D eigenvalue weighted by molar-refractivity contribution is 5.98. The summed E-state index contributed by atoms with van der Waals surface area (Å²) in [6, 6.07) is -0.628. The number of rotatable bonds is 8. The predicted octanol–water partition coefficient (Wildman–Crippen LogP) is 1.53. The second-order valence-corrected chi connectivity index (χ2v) is 5.00. The maximum atomic E-state index is 12.3. The fourth-order valence-corrected chi connectivity index (χ4v) is 2.08. The van der Waals surface area contributed by atoms with Crippen LogP contribution in [0.2, 0.25) is 0 Å². The minimum absolute atomic E-state index is 0.173. The van der Waals surface area contributed by atoms with Crippen LogP contribution in [0.4, 0.5) is 0 Å². The first-order valence-corrected chi connectivity index (χ1v) is 7.30. The van der Waals surface area contributed by atoms with Crippen molar-refractivity contribution in [2.75, 3.05) is 13.1 Å². The summed E-state index contributed by atoms with van der Waals surface area (Å²) in [6.45, 7) is 14.2. The Kier molecular flexibility index (Phi) is 6.56. The number of nitrogens with one attached hydrogen (secondary N) is 1. The van der Waals surface area contributed by atoms with E-state index in [1.807, 2.05) is 6.92 Å². The lowest BCUT2D eigenvalue weighted by atomic mass is 10.2. The monoisotopic (exact) mass is 304 g/mol. The van der Waals surface area contributed by atoms with Gasteiger partial charge in [-0.2, -0.15) is 5.10 Å². The molecule has 0 saturated heterocycles. The van der Waals surface area contributed by atoms with Crippen LogP contribution >= 0.6 is 0 Å². The fourth-order valence-electron chi connectivity index (χ4n) is 2.08. The van der Waals surface area contributed by atoms with Crippen molar-refractivity contribution in [1.82, 2.24) is 20.0 Å². The molecule has 0 spiro atoms. The number of amides is 2. The first kappa shape index (κ1) is 17.7. The highest BCUT2D eigenvalue weighted by atomic mass is 16.2. The van der Waals surface area contributed by atoms with Crippen molar-refractivity contribution in [2.45, 2.75) is 33.4 Å². The van der Waals surface area contributed by atoms with E-state index < -0.39 is 6.04 Å². The average molecular weight is 304 g/mol. The molecule has 0 bridgehead atoms. The summed E-state index contributed by atoms with van der Waals surface area (Å²) in [6.07, 6.45) is 4.98. The topological polar surface area (TPSA) is 67.2 Å². The van der Waals surface area contributed by atoms with E-state index in [4.69, 9.17) is 0 Å². The number of hydrogen-bond acceptors (Lipinski definition) is 3. The van der Waals surface area contributed by atoms with E-state index in [1.165, 1.54) is 0 Å². The Morgan fingerprint density at radius 3 is 2.45 bits per heavy atom. The van der Waals surface area contributed by atoms with Gasteiger partial charge < -0.3 is 10.2 Å². The van der Waals surface area contributed by atoms with Crippen molar-refractivity contribution in [3.05, 3.63) is 42.8 Å². The molecule has 0 fully saturated rings. The summed E-state index contributed by atoms with van der Waals surface area (Å²) in [5.41, 5.74) is 1.13. The van der Waals surface area contributed by atoms with Gasteiger partial charge in [0.25, 0.3) is 5.91 Å². The molecular weight excluding hydrogens is 280 g/mol. The summed E-state index contributed by atoms with van der Waals surface area (Å²) >= 11 is 0. The maximum absolute atomic E-state index is 12.3. The van der Waals surface area contributed by atoms with E-state index in [2.05, 4.69) is 23.6 Å². The predicted molar refractivity (Wildman–Crippen MR) is 86.5 cm³/mol. The molecule has 6 nitrogen and oxygen atoms in total. The number of carbonyl (C=O) groups excluding carboxylic acids is 2. The molecule has 1 N–H and O–H groups in total. The van der Waals surface area contributed by atoms with Crippen LogP contribution in [-0.2, 0) is 11.3 Å². The van der Waals surface area contributed by atoms with Crippen LogP contribution < -0.4 is 5.32 Å². The normalized spacial score (nSPS) is 11.6. The third-order valence-electron chi connectivity index (χ3n) is 3.24. The highest BCUT2D eigenvalue weighted by Gasteiger charge is 2.22. The van der Waals surface area contributed by atoms with Gasteiger partial charge in [0.15, 0.2) is 0 Å². The zero-order valence-electron chi connectivity index (χ0n) is 13.5. The lowest BCUT2D eigenvalue weighted by Gasteiger charge is -2.23. The van der Waals surface area contributed by atoms with Crippen molar-refractivity contribution in [2.24, 2.45) is 0 Å². The minimum Gasteiger partial charge on any atom is -0.340 e. The molecule has 1 unspecified atom stereocenters. The highest BCUT2D eigenvalue weighted by Crippen LogP contribution is 2.06.